The van der Waals surface area contributed by atoms with Crippen LogP contribution < -0.4 is 5.32 Å². The molecule has 0 aromatic heterocycles. The van der Waals surface area contributed by atoms with E-state index in [1.807, 2.05) is 6.07 Å². The quantitative estimate of drug-likeness (QED) is 0.842. The predicted molar refractivity (Wildman–Crippen MR) is 84.9 cm³/mol. The highest BCUT2D eigenvalue weighted by Gasteiger charge is 2.30. The molecule has 0 aliphatic heterocycles. The third-order valence-corrected chi connectivity index (χ3v) is 4.70. The molecule has 0 amide bonds. The maximum Gasteiger partial charge on any atom is 0.101 e. The maximum absolute atomic E-state index is 9.23. The van der Waals surface area contributed by atoms with Crippen molar-refractivity contribution in [1.29, 1.82) is 5.26 Å². The monoisotopic (exact) mass is 290 g/mol. The van der Waals surface area contributed by atoms with Gasteiger partial charge in [-0.2, -0.15) is 5.26 Å². The molecule has 3 unspecified atom stereocenters. The van der Waals surface area contributed by atoms with Gasteiger partial charge in [-0.3, -0.25) is 0 Å². The highest BCUT2D eigenvalue weighted by molar-refractivity contribution is 6.30. The minimum absolute atomic E-state index is 0.435. The molecule has 0 radical (unpaired) electrons. The van der Waals surface area contributed by atoms with Crippen molar-refractivity contribution in [2.75, 3.05) is 5.32 Å². The Morgan fingerprint density at radius 1 is 1.35 bits per heavy atom. The van der Waals surface area contributed by atoms with Gasteiger partial charge in [0.15, 0.2) is 0 Å². The third kappa shape index (κ3) is 3.46. The van der Waals surface area contributed by atoms with Gasteiger partial charge in [0.05, 0.1) is 11.3 Å². The second-order valence-corrected chi connectivity index (χ2v) is 6.82. The fourth-order valence-electron chi connectivity index (χ4n) is 3.30. The van der Waals surface area contributed by atoms with Crippen molar-refractivity contribution in [3.63, 3.8) is 0 Å². The van der Waals surface area contributed by atoms with Crippen molar-refractivity contribution >= 4 is 17.3 Å². The molecule has 1 aliphatic carbocycles. The van der Waals surface area contributed by atoms with E-state index in [2.05, 4.69) is 32.2 Å². The summed E-state index contributed by atoms with van der Waals surface area (Å²) in [6.45, 7) is 6.89. The Balaban J connectivity index is 2.22. The summed E-state index contributed by atoms with van der Waals surface area (Å²) in [6, 6.07) is 8.12. The first-order valence-corrected chi connectivity index (χ1v) is 7.85. The van der Waals surface area contributed by atoms with Gasteiger partial charge in [0.2, 0.25) is 0 Å². The van der Waals surface area contributed by atoms with E-state index in [1.165, 1.54) is 19.3 Å². The van der Waals surface area contributed by atoms with Crippen LogP contribution in [0.4, 0.5) is 5.69 Å². The molecule has 0 heterocycles. The van der Waals surface area contributed by atoms with Crippen LogP contribution in [0.25, 0.3) is 0 Å². The predicted octanol–water partition coefficient (Wildman–Crippen LogP) is 5.08. The molecule has 2 rings (SSSR count). The molecule has 108 valence electrons. The van der Waals surface area contributed by atoms with E-state index in [-0.39, 0.29) is 0 Å². The molecular weight excluding hydrogens is 268 g/mol. The molecule has 20 heavy (non-hydrogen) atoms. The van der Waals surface area contributed by atoms with Crippen LogP contribution in [0.1, 0.15) is 45.6 Å². The average Bonchev–Trinajstić information content (AvgIpc) is 2.38. The van der Waals surface area contributed by atoms with Crippen molar-refractivity contribution in [1.82, 2.24) is 0 Å². The number of rotatable bonds is 3. The Morgan fingerprint density at radius 2 is 2.10 bits per heavy atom. The van der Waals surface area contributed by atoms with Crippen LogP contribution in [0.15, 0.2) is 18.2 Å². The Bertz CT molecular complexity index is 504. The topological polar surface area (TPSA) is 35.8 Å². The van der Waals surface area contributed by atoms with E-state index < -0.39 is 0 Å². The van der Waals surface area contributed by atoms with Gasteiger partial charge in [-0.1, -0.05) is 38.8 Å². The molecular formula is C17H23ClN2. The lowest BCUT2D eigenvalue weighted by Crippen LogP contribution is -2.38. The second kappa shape index (κ2) is 6.50. The molecule has 1 aromatic carbocycles. The first-order valence-electron chi connectivity index (χ1n) is 7.47. The second-order valence-electron chi connectivity index (χ2n) is 6.38. The average molecular weight is 291 g/mol. The number of anilines is 1. The van der Waals surface area contributed by atoms with Crippen LogP contribution in [0.5, 0.6) is 0 Å². The highest BCUT2D eigenvalue weighted by Crippen LogP contribution is 2.36. The largest absolute Gasteiger partial charge is 0.381 e. The lowest BCUT2D eigenvalue weighted by atomic mass is 9.74. The first kappa shape index (κ1) is 15.2. The van der Waals surface area contributed by atoms with Gasteiger partial charge in [-0.05, 0) is 48.8 Å². The SMILES string of the molecule is CC1CCC(C(C)C)C(Nc2cc(Cl)ccc2C#N)C1. The Kier molecular flexibility index (Phi) is 4.94. The summed E-state index contributed by atoms with van der Waals surface area (Å²) in [6.07, 6.45) is 3.74. The molecule has 3 heteroatoms. The van der Waals surface area contributed by atoms with Crippen LogP contribution in [-0.4, -0.2) is 6.04 Å². The van der Waals surface area contributed by atoms with E-state index in [0.29, 0.717) is 28.5 Å². The normalized spacial score (nSPS) is 26.3. The number of hydrogen-bond donors (Lipinski definition) is 1. The van der Waals surface area contributed by atoms with Crippen molar-refractivity contribution in [3.8, 4) is 6.07 Å². The molecule has 3 atom stereocenters. The van der Waals surface area contributed by atoms with E-state index in [0.717, 1.165) is 11.6 Å². The van der Waals surface area contributed by atoms with Gasteiger partial charge in [0, 0.05) is 11.1 Å². The minimum Gasteiger partial charge on any atom is -0.381 e. The zero-order chi connectivity index (χ0) is 14.7. The van der Waals surface area contributed by atoms with Crippen LogP contribution in [-0.2, 0) is 0 Å². The summed E-state index contributed by atoms with van der Waals surface area (Å²) >= 11 is 6.07. The standard InChI is InChI=1S/C17H23ClN2/c1-11(2)15-7-4-12(3)8-17(15)20-16-9-14(18)6-5-13(16)10-19/h5-6,9,11-12,15,17,20H,4,7-8H2,1-3H3. The zero-order valence-electron chi connectivity index (χ0n) is 12.5. The fourth-order valence-corrected chi connectivity index (χ4v) is 3.47. The summed E-state index contributed by atoms with van der Waals surface area (Å²) < 4.78 is 0. The Morgan fingerprint density at radius 3 is 2.75 bits per heavy atom. The van der Waals surface area contributed by atoms with Gasteiger partial charge in [0.25, 0.3) is 0 Å². The lowest BCUT2D eigenvalue weighted by molar-refractivity contribution is 0.212. The van der Waals surface area contributed by atoms with Gasteiger partial charge < -0.3 is 5.32 Å². The van der Waals surface area contributed by atoms with Gasteiger partial charge in [-0.25, -0.2) is 0 Å². The number of halogens is 1. The maximum atomic E-state index is 9.23. The fraction of sp³-hybridized carbons (Fsp3) is 0.588. The molecule has 0 saturated heterocycles. The summed E-state index contributed by atoms with van der Waals surface area (Å²) in [5.74, 6) is 2.06. The third-order valence-electron chi connectivity index (χ3n) is 4.47. The van der Waals surface area contributed by atoms with Gasteiger partial charge >= 0.3 is 0 Å². The Labute approximate surface area is 127 Å². The van der Waals surface area contributed by atoms with Crippen molar-refractivity contribution in [3.05, 3.63) is 28.8 Å². The molecule has 1 fully saturated rings. The molecule has 1 N–H and O–H groups in total. The molecule has 0 spiro atoms. The number of nitrogens with one attached hydrogen (secondary N) is 1. The summed E-state index contributed by atoms with van der Waals surface area (Å²) in [5, 5.41) is 13.5. The lowest BCUT2D eigenvalue weighted by Gasteiger charge is -2.38. The van der Waals surface area contributed by atoms with Crippen molar-refractivity contribution < 1.29 is 0 Å². The van der Waals surface area contributed by atoms with Crippen molar-refractivity contribution in [2.45, 2.75) is 46.1 Å². The smallest absolute Gasteiger partial charge is 0.101 e. The van der Waals surface area contributed by atoms with Crippen LogP contribution >= 0.6 is 11.6 Å². The summed E-state index contributed by atoms with van der Waals surface area (Å²) in [7, 11) is 0. The zero-order valence-corrected chi connectivity index (χ0v) is 13.2. The van der Waals surface area contributed by atoms with Crippen LogP contribution in [0, 0.1) is 29.1 Å². The van der Waals surface area contributed by atoms with E-state index in [1.54, 1.807) is 12.1 Å². The summed E-state index contributed by atoms with van der Waals surface area (Å²) in [5.41, 5.74) is 1.56. The number of benzene rings is 1. The number of nitriles is 1. The van der Waals surface area contributed by atoms with Crippen molar-refractivity contribution in [2.24, 2.45) is 17.8 Å². The van der Waals surface area contributed by atoms with Crippen LogP contribution in [0.3, 0.4) is 0 Å². The molecule has 1 aliphatic rings. The summed E-state index contributed by atoms with van der Waals surface area (Å²) in [4.78, 5) is 0. The van der Waals surface area contributed by atoms with Gasteiger partial charge in [0.1, 0.15) is 6.07 Å². The minimum atomic E-state index is 0.435. The van der Waals surface area contributed by atoms with Crippen LogP contribution in [0.2, 0.25) is 5.02 Å². The highest BCUT2D eigenvalue weighted by atomic mass is 35.5. The molecule has 2 nitrogen and oxygen atoms in total. The molecule has 0 bridgehead atoms. The van der Waals surface area contributed by atoms with Gasteiger partial charge in [-0.15, -0.1) is 0 Å². The molecule has 1 saturated carbocycles. The number of nitrogens with zero attached hydrogens (tertiary/aromatic N) is 1. The Hall–Kier alpha value is -1.20. The van der Waals surface area contributed by atoms with E-state index in [9.17, 15) is 5.26 Å². The number of hydrogen-bond acceptors (Lipinski definition) is 2. The van der Waals surface area contributed by atoms with E-state index >= 15 is 0 Å². The molecule has 1 aromatic rings. The first-order chi connectivity index (χ1) is 9.51. The van der Waals surface area contributed by atoms with E-state index in [4.69, 9.17) is 11.6 Å².